The quantitative estimate of drug-likeness (QED) is 0.530. The average Bonchev–Trinajstić information content (AvgIpc) is 2.35. The van der Waals surface area contributed by atoms with Crippen LogP contribution in [0.4, 0.5) is 5.69 Å². The molecule has 0 bridgehead atoms. The third-order valence-electron chi connectivity index (χ3n) is 2.74. The molecule has 16 heavy (non-hydrogen) atoms. The van der Waals surface area contributed by atoms with Crippen LogP contribution in [0, 0.1) is 0 Å². The molecule has 0 atom stereocenters. The van der Waals surface area contributed by atoms with Gasteiger partial charge in [-0.2, -0.15) is 0 Å². The average molecular weight is 238 g/mol. The van der Waals surface area contributed by atoms with Gasteiger partial charge in [-0.1, -0.05) is 19.8 Å². The highest BCUT2D eigenvalue weighted by molar-refractivity contribution is 7.98. The standard InChI is InChI=1S/C13H22N2S/c1-4-6-7-10-15(5-2)12-11-14-9-8-13(12)16-3/h8-9,11H,4-7,10H2,1-3H3. The zero-order chi connectivity index (χ0) is 11.8. The van der Waals surface area contributed by atoms with Crippen molar-refractivity contribution in [3.8, 4) is 0 Å². The van der Waals surface area contributed by atoms with Crippen LogP contribution in [-0.4, -0.2) is 24.3 Å². The van der Waals surface area contributed by atoms with Gasteiger partial charge in [-0.05, 0) is 25.7 Å². The molecule has 0 fully saturated rings. The third kappa shape index (κ3) is 3.71. The fourth-order valence-corrected chi connectivity index (χ4v) is 2.37. The van der Waals surface area contributed by atoms with Gasteiger partial charge >= 0.3 is 0 Å². The Kier molecular flexibility index (Phi) is 6.31. The summed E-state index contributed by atoms with van der Waals surface area (Å²) in [6.45, 7) is 6.66. The minimum absolute atomic E-state index is 1.06. The predicted molar refractivity (Wildman–Crippen MR) is 73.4 cm³/mol. The Hall–Kier alpha value is -0.700. The van der Waals surface area contributed by atoms with Gasteiger partial charge in [-0.3, -0.25) is 4.98 Å². The normalized spacial score (nSPS) is 10.4. The smallest absolute Gasteiger partial charge is 0.0690 e. The van der Waals surface area contributed by atoms with E-state index in [9.17, 15) is 0 Å². The minimum atomic E-state index is 1.06. The van der Waals surface area contributed by atoms with E-state index in [0.29, 0.717) is 0 Å². The van der Waals surface area contributed by atoms with Crippen LogP contribution in [0.5, 0.6) is 0 Å². The maximum Gasteiger partial charge on any atom is 0.0690 e. The molecular formula is C13H22N2S. The first kappa shape index (κ1) is 13.4. The van der Waals surface area contributed by atoms with Crippen molar-refractivity contribution in [3.05, 3.63) is 18.5 Å². The van der Waals surface area contributed by atoms with Gasteiger partial charge in [0, 0.05) is 24.2 Å². The van der Waals surface area contributed by atoms with Gasteiger partial charge in [0.1, 0.15) is 0 Å². The summed E-state index contributed by atoms with van der Waals surface area (Å²) in [5, 5.41) is 0. The van der Waals surface area contributed by atoms with Crippen molar-refractivity contribution in [3.63, 3.8) is 0 Å². The molecule has 0 radical (unpaired) electrons. The van der Waals surface area contributed by atoms with Crippen molar-refractivity contribution in [1.82, 2.24) is 4.98 Å². The molecule has 0 N–H and O–H groups in total. The summed E-state index contributed by atoms with van der Waals surface area (Å²) in [6.07, 6.45) is 9.84. The van der Waals surface area contributed by atoms with Crippen molar-refractivity contribution in [2.45, 2.75) is 38.0 Å². The maximum absolute atomic E-state index is 4.24. The van der Waals surface area contributed by atoms with Gasteiger partial charge in [0.2, 0.25) is 0 Å². The molecule has 0 saturated heterocycles. The van der Waals surface area contributed by atoms with Crippen LogP contribution in [0.25, 0.3) is 0 Å². The van der Waals surface area contributed by atoms with Gasteiger partial charge in [0.25, 0.3) is 0 Å². The molecule has 1 aromatic rings. The third-order valence-corrected chi connectivity index (χ3v) is 3.52. The van der Waals surface area contributed by atoms with Gasteiger partial charge in [-0.25, -0.2) is 0 Å². The van der Waals surface area contributed by atoms with Crippen molar-refractivity contribution in [1.29, 1.82) is 0 Å². The van der Waals surface area contributed by atoms with Crippen LogP contribution < -0.4 is 4.90 Å². The van der Waals surface area contributed by atoms with E-state index < -0.39 is 0 Å². The summed E-state index contributed by atoms with van der Waals surface area (Å²) in [5.41, 5.74) is 1.29. The Labute approximate surface area is 103 Å². The van der Waals surface area contributed by atoms with Crippen LogP contribution >= 0.6 is 11.8 Å². The molecule has 1 aromatic heterocycles. The molecule has 0 aromatic carbocycles. The van der Waals surface area contributed by atoms with Crippen LogP contribution in [0.2, 0.25) is 0 Å². The number of hydrogen-bond donors (Lipinski definition) is 0. The fraction of sp³-hybridized carbons (Fsp3) is 0.615. The lowest BCUT2D eigenvalue weighted by Gasteiger charge is -2.24. The topological polar surface area (TPSA) is 16.1 Å². The van der Waals surface area contributed by atoms with Gasteiger partial charge in [0.05, 0.1) is 11.9 Å². The van der Waals surface area contributed by atoms with Crippen molar-refractivity contribution >= 4 is 17.4 Å². The summed E-state index contributed by atoms with van der Waals surface area (Å²) in [6, 6.07) is 2.10. The summed E-state index contributed by atoms with van der Waals surface area (Å²) in [4.78, 5) is 7.99. The molecule has 90 valence electrons. The van der Waals surface area contributed by atoms with Crippen molar-refractivity contribution in [2.75, 3.05) is 24.2 Å². The van der Waals surface area contributed by atoms with Crippen molar-refractivity contribution < 1.29 is 0 Å². The molecule has 0 aliphatic carbocycles. The molecule has 0 amide bonds. The Morgan fingerprint density at radius 2 is 2.12 bits per heavy atom. The second-order valence-electron chi connectivity index (χ2n) is 3.83. The van der Waals surface area contributed by atoms with E-state index in [1.165, 1.54) is 29.8 Å². The summed E-state index contributed by atoms with van der Waals surface area (Å²) in [5.74, 6) is 0. The summed E-state index contributed by atoms with van der Waals surface area (Å²) in [7, 11) is 0. The Morgan fingerprint density at radius 3 is 2.75 bits per heavy atom. The second kappa shape index (κ2) is 7.55. The van der Waals surface area contributed by atoms with Crippen LogP contribution in [0.1, 0.15) is 33.1 Å². The van der Waals surface area contributed by atoms with E-state index in [-0.39, 0.29) is 0 Å². The van der Waals surface area contributed by atoms with Crippen LogP contribution in [0.3, 0.4) is 0 Å². The summed E-state index contributed by atoms with van der Waals surface area (Å²) >= 11 is 1.80. The molecule has 0 saturated carbocycles. The fourth-order valence-electron chi connectivity index (χ4n) is 1.79. The molecule has 0 aliphatic rings. The lowest BCUT2D eigenvalue weighted by molar-refractivity contribution is 0.681. The lowest BCUT2D eigenvalue weighted by Crippen LogP contribution is -2.24. The number of rotatable bonds is 7. The number of anilines is 1. The minimum Gasteiger partial charge on any atom is -0.370 e. The van der Waals surface area contributed by atoms with Crippen molar-refractivity contribution in [2.24, 2.45) is 0 Å². The highest BCUT2D eigenvalue weighted by atomic mass is 32.2. The van der Waals surface area contributed by atoms with Crippen LogP contribution in [0.15, 0.2) is 23.4 Å². The SMILES string of the molecule is CCCCCN(CC)c1cnccc1SC. The summed E-state index contributed by atoms with van der Waals surface area (Å²) < 4.78 is 0. The van der Waals surface area contributed by atoms with E-state index in [1.54, 1.807) is 11.8 Å². The first-order valence-corrected chi connectivity index (χ1v) is 7.28. The Morgan fingerprint density at radius 1 is 1.31 bits per heavy atom. The molecule has 1 rings (SSSR count). The molecule has 1 heterocycles. The molecule has 2 nitrogen and oxygen atoms in total. The zero-order valence-electron chi connectivity index (χ0n) is 10.6. The van der Waals surface area contributed by atoms with Gasteiger partial charge in [0.15, 0.2) is 0 Å². The lowest BCUT2D eigenvalue weighted by atomic mass is 10.2. The number of hydrogen-bond acceptors (Lipinski definition) is 3. The molecule has 3 heteroatoms. The van der Waals surface area contributed by atoms with E-state index in [1.807, 2.05) is 12.4 Å². The van der Waals surface area contributed by atoms with Crippen LogP contribution in [-0.2, 0) is 0 Å². The Balaban J connectivity index is 2.69. The number of unbranched alkanes of at least 4 members (excludes halogenated alkanes) is 2. The maximum atomic E-state index is 4.24. The highest BCUT2D eigenvalue weighted by Gasteiger charge is 2.08. The Bertz CT molecular complexity index is 302. The molecule has 0 unspecified atom stereocenters. The number of thioether (sulfide) groups is 1. The largest absolute Gasteiger partial charge is 0.370 e. The first-order valence-electron chi connectivity index (χ1n) is 6.06. The number of pyridine rings is 1. The molecular weight excluding hydrogens is 216 g/mol. The van der Waals surface area contributed by atoms with Gasteiger partial charge in [-0.15, -0.1) is 11.8 Å². The monoisotopic (exact) mass is 238 g/mol. The molecule has 0 aliphatic heterocycles. The second-order valence-corrected chi connectivity index (χ2v) is 4.68. The predicted octanol–water partition coefficient (Wildman–Crippen LogP) is 3.82. The van der Waals surface area contributed by atoms with E-state index >= 15 is 0 Å². The van der Waals surface area contributed by atoms with Gasteiger partial charge < -0.3 is 4.90 Å². The number of nitrogens with zero attached hydrogens (tertiary/aromatic N) is 2. The van der Waals surface area contributed by atoms with E-state index in [0.717, 1.165) is 13.1 Å². The zero-order valence-corrected chi connectivity index (χ0v) is 11.4. The van der Waals surface area contributed by atoms with E-state index in [2.05, 4.69) is 36.1 Å². The first-order chi connectivity index (χ1) is 7.83. The number of aromatic nitrogens is 1. The highest BCUT2D eigenvalue weighted by Crippen LogP contribution is 2.27. The molecule has 0 spiro atoms. The van der Waals surface area contributed by atoms with E-state index in [4.69, 9.17) is 0 Å².